The minimum atomic E-state index is -0.503. The normalized spacial score (nSPS) is 18.1. The van der Waals surface area contributed by atoms with Gasteiger partial charge in [0.05, 0.1) is 5.69 Å². The summed E-state index contributed by atoms with van der Waals surface area (Å²) in [5.74, 6) is 1.29. The van der Waals surface area contributed by atoms with Crippen molar-refractivity contribution in [2.75, 3.05) is 5.32 Å². The van der Waals surface area contributed by atoms with E-state index in [-0.39, 0.29) is 5.91 Å². The number of nitrogens with one attached hydrogen (secondary N) is 1. The number of benzene rings is 1. The monoisotopic (exact) mass is 330 g/mol. The number of anilines is 1. The van der Waals surface area contributed by atoms with E-state index in [9.17, 15) is 4.79 Å². The molecule has 5 heteroatoms. The second-order valence-corrected chi connectivity index (χ2v) is 7.14. The number of hydrogen-bond donors (Lipinski definition) is 1. The first-order valence-corrected chi connectivity index (χ1v) is 8.98. The van der Waals surface area contributed by atoms with Crippen molar-refractivity contribution in [2.45, 2.75) is 45.6 Å². The van der Waals surface area contributed by atoms with Gasteiger partial charge >= 0.3 is 0 Å². The van der Waals surface area contributed by atoms with Crippen LogP contribution in [0.15, 0.2) is 30.3 Å². The highest BCUT2D eigenvalue weighted by Gasteiger charge is 2.23. The predicted octanol–water partition coefficient (Wildman–Crippen LogP) is 4.06. The van der Waals surface area contributed by atoms with Gasteiger partial charge in [0.15, 0.2) is 11.2 Å². The average molecular weight is 330 g/mol. The zero-order chi connectivity index (χ0) is 16.2. The molecule has 0 radical (unpaired) electrons. The van der Waals surface area contributed by atoms with Gasteiger partial charge in [-0.15, -0.1) is 11.3 Å². The van der Waals surface area contributed by atoms with Gasteiger partial charge in [-0.1, -0.05) is 32.0 Å². The minimum Gasteiger partial charge on any atom is -0.481 e. The van der Waals surface area contributed by atoms with Gasteiger partial charge in [-0.25, -0.2) is 4.98 Å². The quantitative estimate of drug-likeness (QED) is 0.899. The van der Waals surface area contributed by atoms with Crippen molar-refractivity contribution in [3.63, 3.8) is 0 Å². The Balaban J connectivity index is 1.65. The van der Waals surface area contributed by atoms with Crippen LogP contribution in [0.25, 0.3) is 0 Å². The Kier molecular flexibility index (Phi) is 4.96. The molecule has 23 heavy (non-hydrogen) atoms. The van der Waals surface area contributed by atoms with Crippen LogP contribution >= 0.6 is 11.3 Å². The molecule has 0 spiro atoms. The van der Waals surface area contributed by atoms with Crippen LogP contribution in [-0.2, 0) is 17.6 Å². The fourth-order valence-corrected chi connectivity index (χ4v) is 3.94. The maximum atomic E-state index is 12.5. The van der Waals surface area contributed by atoms with Crippen LogP contribution in [0.1, 0.15) is 37.3 Å². The molecule has 0 saturated carbocycles. The molecule has 2 atom stereocenters. The maximum Gasteiger partial charge on any atom is 0.267 e. The molecule has 0 fully saturated rings. The van der Waals surface area contributed by atoms with E-state index in [0.29, 0.717) is 23.2 Å². The Morgan fingerprint density at radius 1 is 1.43 bits per heavy atom. The van der Waals surface area contributed by atoms with Crippen molar-refractivity contribution in [3.8, 4) is 5.75 Å². The maximum absolute atomic E-state index is 12.5. The molecule has 3 rings (SSSR count). The van der Waals surface area contributed by atoms with Crippen LogP contribution in [0.5, 0.6) is 5.75 Å². The summed E-state index contributed by atoms with van der Waals surface area (Å²) in [5.41, 5.74) is 1.15. The number of nitrogens with zero attached hydrogens (tertiary/aromatic N) is 1. The number of carbonyl (C=O) groups is 1. The molecule has 122 valence electrons. The molecule has 4 nitrogen and oxygen atoms in total. The Labute approximate surface area is 140 Å². The van der Waals surface area contributed by atoms with Crippen LogP contribution in [0.4, 0.5) is 5.13 Å². The lowest BCUT2D eigenvalue weighted by Crippen LogP contribution is -2.32. The van der Waals surface area contributed by atoms with Crippen molar-refractivity contribution < 1.29 is 9.53 Å². The molecular formula is C18H22N2O2S. The van der Waals surface area contributed by atoms with Gasteiger partial charge in [0.1, 0.15) is 5.75 Å². The smallest absolute Gasteiger partial charge is 0.267 e. The topological polar surface area (TPSA) is 51.2 Å². The lowest BCUT2D eigenvalue weighted by molar-refractivity contribution is -0.122. The Hall–Kier alpha value is -1.88. The van der Waals surface area contributed by atoms with Gasteiger partial charge in [-0.2, -0.15) is 0 Å². The molecule has 1 aromatic heterocycles. The van der Waals surface area contributed by atoms with E-state index in [0.717, 1.165) is 18.5 Å². The fraction of sp³-hybridized carbons (Fsp3) is 0.444. The second kappa shape index (κ2) is 7.13. The van der Waals surface area contributed by atoms with Gasteiger partial charge in [0.2, 0.25) is 0 Å². The van der Waals surface area contributed by atoms with E-state index in [1.165, 1.54) is 11.3 Å². The van der Waals surface area contributed by atoms with E-state index in [1.54, 1.807) is 11.3 Å². The van der Waals surface area contributed by atoms with E-state index in [2.05, 4.69) is 17.2 Å². The van der Waals surface area contributed by atoms with Gasteiger partial charge in [0.25, 0.3) is 5.91 Å². The second-order valence-electron chi connectivity index (χ2n) is 6.05. The number of ether oxygens (including phenoxy) is 1. The van der Waals surface area contributed by atoms with E-state index in [4.69, 9.17) is 4.74 Å². The lowest BCUT2D eigenvalue weighted by Gasteiger charge is -2.16. The molecule has 1 aliphatic rings. The Morgan fingerprint density at radius 3 is 2.96 bits per heavy atom. The largest absolute Gasteiger partial charge is 0.481 e. The molecule has 0 saturated heterocycles. The Bertz CT molecular complexity index is 669. The third-order valence-electron chi connectivity index (χ3n) is 4.10. The minimum absolute atomic E-state index is 0.129. The number of amides is 1. The molecule has 0 unspecified atom stereocenters. The highest BCUT2D eigenvalue weighted by atomic mass is 32.1. The van der Waals surface area contributed by atoms with Crippen molar-refractivity contribution in [2.24, 2.45) is 5.92 Å². The standard InChI is InChI=1S/C18H22N2O2S/c1-3-15(22-13-7-5-4-6-8-13)17(21)20-18-19-14-10-9-12(2)11-16(14)23-18/h4-8,12,15H,3,9-11H2,1-2H3,(H,19,20,21)/t12-,15-/m1/s1. The van der Waals surface area contributed by atoms with E-state index >= 15 is 0 Å². The first kappa shape index (κ1) is 16.0. The van der Waals surface area contributed by atoms with Crippen molar-refractivity contribution in [1.82, 2.24) is 4.98 Å². The number of aryl methyl sites for hydroxylation is 1. The number of rotatable bonds is 5. The van der Waals surface area contributed by atoms with E-state index < -0.39 is 6.10 Å². The number of hydrogen-bond acceptors (Lipinski definition) is 4. The van der Waals surface area contributed by atoms with E-state index in [1.807, 2.05) is 37.3 Å². The molecular weight excluding hydrogens is 308 g/mol. The SMILES string of the molecule is CC[C@@H](Oc1ccccc1)C(=O)Nc1nc2c(s1)C[C@H](C)CC2. The highest BCUT2D eigenvalue weighted by Crippen LogP contribution is 2.32. The molecule has 2 aromatic rings. The average Bonchev–Trinajstić information content (AvgIpc) is 2.94. The lowest BCUT2D eigenvalue weighted by atomic mass is 9.93. The molecule has 1 aliphatic carbocycles. The van der Waals surface area contributed by atoms with Crippen molar-refractivity contribution in [1.29, 1.82) is 0 Å². The summed E-state index contributed by atoms with van der Waals surface area (Å²) in [5, 5.41) is 3.63. The first-order chi connectivity index (χ1) is 11.2. The van der Waals surface area contributed by atoms with Crippen LogP contribution in [0.2, 0.25) is 0 Å². The van der Waals surface area contributed by atoms with Gasteiger partial charge in [0, 0.05) is 4.88 Å². The van der Waals surface area contributed by atoms with Crippen LogP contribution in [0.3, 0.4) is 0 Å². The first-order valence-electron chi connectivity index (χ1n) is 8.17. The number of thiazole rings is 1. The molecule has 1 N–H and O–H groups in total. The summed E-state index contributed by atoms with van der Waals surface area (Å²) < 4.78 is 5.78. The molecule has 1 heterocycles. The zero-order valence-electron chi connectivity index (χ0n) is 13.5. The number of carbonyl (C=O) groups excluding carboxylic acids is 1. The van der Waals surface area contributed by atoms with Crippen molar-refractivity contribution in [3.05, 3.63) is 40.9 Å². The van der Waals surface area contributed by atoms with Gasteiger partial charge < -0.3 is 4.74 Å². The summed E-state index contributed by atoms with van der Waals surface area (Å²) in [4.78, 5) is 18.4. The summed E-state index contributed by atoms with van der Waals surface area (Å²) in [6, 6.07) is 9.44. The summed E-state index contributed by atoms with van der Waals surface area (Å²) in [6.07, 6.45) is 3.38. The van der Waals surface area contributed by atoms with Crippen LogP contribution in [0, 0.1) is 5.92 Å². The van der Waals surface area contributed by atoms with Crippen molar-refractivity contribution >= 4 is 22.4 Å². The third-order valence-corrected chi connectivity index (χ3v) is 5.14. The number of aromatic nitrogens is 1. The van der Waals surface area contributed by atoms with Gasteiger partial charge in [-0.05, 0) is 43.7 Å². The number of fused-ring (bicyclic) bond motifs is 1. The van der Waals surface area contributed by atoms with Crippen LogP contribution < -0.4 is 10.1 Å². The third kappa shape index (κ3) is 3.91. The summed E-state index contributed by atoms with van der Waals surface area (Å²) in [6.45, 7) is 4.21. The Morgan fingerprint density at radius 2 is 2.22 bits per heavy atom. The predicted molar refractivity (Wildman–Crippen MR) is 93.1 cm³/mol. The summed E-state index contributed by atoms with van der Waals surface area (Å²) >= 11 is 1.60. The zero-order valence-corrected chi connectivity index (χ0v) is 14.4. The molecule has 1 amide bonds. The van der Waals surface area contributed by atoms with Crippen LogP contribution in [-0.4, -0.2) is 17.0 Å². The molecule has 1 aromatic carbocycles. The summed E-state index contributed by atoms with van der Waals surface area (Å²) in [7, 11) is 0. The molecule has 0 bridgehead atoms. The number of para-hydroxylation sites is 1. The van der Waals surface area contributed by atoms with Gasteiger partial charge in [-0.3, -0.25) is 10.1 Å². The molecule has 0 aliphatic heterocycles. The fourth-order valence-electron chi connectivity index (χ4n) is 2.76. The highest BCUT2D eigenvalue weighted by molar-refractivity contribution is 7.15.